The quantitative estimate of drug-likeness (QED) is 0.863. The van der Waals surface area contributed by atoms with Gasteiger partial charge in [0.2, 0.25) is 0 Å². The van der Waals surface area contributed by atoms with Crippen molar-refractivity contribution >= 4 is 29.1 Å². The molecule has 100 valence electrons. The summed E-state index contributed by atoms with van der Waals surface area (Å²) < 4.78 is 0. The minimum absolute atomic E-state index is 0.325. The standard InChI is InChI=1S/C15H11ClN2O2/c16-11-8-4-5-9-12(11)18-15(20)13(14(19)17-18)10-6-2-1-3-7-10/h1-9,13H,(H,17,19). The number of benzene rings is 2. The van der Waals surface area contributed by atoms with Crippen LogP contribution in [0.1, 0.15) is 11.5 Å². The van der Waals surface area contributed by atoms with Crippen molar-refractivity contribution in [3.8, 4) is 0 Å². The molecular weight excluding hydrogens is 276 g/mol. The molecule has 2 aromatic carbocycles. The third-order valence-electron chi connectivity index (χ3n) is 3.18. The van der Waals surface area contributed by atoms with E-state index in [0.29, 0.717) is 16.3 Å². The lowest BCUT2D eigenvalue weighted by atomic mass is 9.99. The summed E-state index contributed by atoms with van der Waals surface area (Å²) in [5.41, 5.74) is 3.72. The van der Waals surface area contributed by atoms with Crippen molar-refractivity contribution in [2.45, 2.75) is 5.92 Å². The molecule has 1 aliphatic rings. The molecule has 3 rings (SSSR count). The molecule has 5 heteroatoms. The maximum absolute atomic E-state index is 12.5. The number of hydrogen-bond donors (Lipinski definition) is 1. The van der Waals surface area contributed by atoms with E-state index in [1.165, 1.54) is 5.01 Å². The monoisotopic (exact) mass is 286 g/mol. The van der Waals surface area contributed by atoms with E-state index in [-0.39, 0.29) is 11.8 Å². The molecule has 2 aromatic rings. The first kappa shape index (κ1) is 12.7. The summed E-state index contributed by atoms with van der Waals surface area (Å²) in [5.74, 6) is -1.50. The van der Waals surface area contributed by atoms with Crippen LogP contribution in [0.5, 0.6) is 0 Å². The molecule has 0 aromatic heterocycles. The number of hydrazine groups is 1. The van der Waals surface area contributed by atoms with Gasteiger partial charge >= 0.3 is 0 Å². The first-order chi connectivity index (χ1) is 9.68. The highest BCUT2D eigenvalue weighted by atomic mass is 35.5. The average molecular weight is 287 g/mol. The molecule has 1 heterocycles. The van der Waals surface area contributed by atoms with E-state index in [2.05, 4.69) is 5.43 Å². The van der Waals surface area contributed by atoms with Crippen LogP contribution in [-0.2, 0) is 9.59 Å². The summed E-state index contributed by atoms with van der Waals surface area (Å²) in [6, 6.07) is 15.9. The Kier molecular flexibility index (Phi) is 3.16. The van der Waals surface area contributed by atoms with E-state index in [0.717, 1.165) is 0 Å². The normalized spacial score (nSPS) is 18.2. The van der Waals surface area contributed by atoms with Gasteiger partial charge in [-0.2, -0.15) is 0 Å². The highest BCUT2D eigenvalue weighted by Crippen LogP contribution is 2.31. The Morgan fingerprint density at radius 1 is 0.950 bits per heavy atom. The number of halogens is 1. The van der Waals surface area contributed by atoms with Gasteiger partial charge in [-0.15, -0.1) is 0 Å². The van der Waals surface area contributed by atoms with Crippen LogP contribution in [0.15, 0.2) is 54.6 Å². The second kappa shape index (κ2) is 4.98. The van der Waals surface area contributed by atoms with Crippen LogP contribution in [0, 0.1) is 0 Å². The fraction of sp³-hybridized carbons (Fsp3) is 0.0667. The minimum atomic E-state index is -0.826. The average Bonchev–Trinajstić information content (AvgIpc) is 2.75. The molecular formula is C15H11ClN2O2. The molecule has 4 nitrogen and oxygen atoms in total. The van der Waals surface area contributed by atoms with E-state index in [4.69, 9.17) is 11.6 Å². The minimum Gasteiger partial charge on any atom is -0.272 e. The lowest BCUT2D eigenvalue weighted by Gasteiger charge is -2.16. The zero-order chi connectivity index (χ0) is 14.1. The number of nitrogens with zero attached hydrogens (tertiary/aromatic N) is 1. The molecule has 1 unspecified atom stereocenters. The molecule has 1 atom stereocenters. The largest absolute Gasteiger partial charge is 0.272 e. The van der Waals surface area contributed by atoms with Gasteiger partial charge in [0, 0.05) is 0 Å². The van der Waals surface area contributed by atoms with Gasteiger partial charge in [0.05, 0.1) is 10.7 Å². The number of carbonyl (C=O) groups excluding carboxylic acids is 2. The maximum atomic E-state index is 12.5. The first-order valence-electron chi connectivity index (χ1n) is 6.12. The summed E-state index contributed by atoms with van der Waals surface area (Å²) in [5, 5.41) is 1.62. The van der Waals surface area contributed by atoms with Crippen LogP contribution in [0.2, 0.25) is 5.02 Å². The fourth-order valence-electron chi connectivity index (χ4n) is 2.22. The summed E-state index contributed by atoms with van der Waals surface area (Å²) in [7, 11) is 0. The van der Waals surface area contributed by atoms with Gasteiger partial charge < -0.3 is 0 Å². The number of nitrogens with one attached hydrogen (secondary N) is 1. The highest BCUT2D eigenvalue weighted by Gasteiger charge is 2.41. The third kappa shape index (κ3) is 2.04. The van der Waals surface area contributed by atoms with Gasteiger partial charge in [-0.1, -0.05) is 54.1 Å². The molecule has 1 N–H and O–H groups in total. The lowest BCUT2D eigenvalue weighted by molar-refractivity contribution is -0.124. The van der Waals surface area contributed by atoms with E-state index in [9.17, 15) is 9.59 Å². The van der Waals surface area contributed by atoms with E-state index < -0.39 is 5.92 Å². The second-order valence-corrected chi connectivity index (χ2v) is 4.85. The predicted octanol–water partition coefficient (Wildman–Crippen LogP) is 2.50. The maximum Gasteiger partial charge on any atom is 0.262 e. The van der Waals surface area contributed by atoms with Crippen LogP contribution in [0.4, 0.5) is 5.69 Å². The lowest BCUT2D eigenvalue weighted by Crippen LogP contribution is -2.35. The summed E-state index contributed by atoms with van der Waals surface area (Å²) >= 11 is 6.07. The zero-order valence-corrected chi connectivity index (χ0v) is 11.2. The molecule has 0 bridgehead atoms. The van der Waals surface area contributed by atoms with Gasteiger partial charge in [-0.25, -0.2) is 5.01 Å². The second-order valence-electron chi connectivity index (χ2n) is 4.44. The Morgan fingerprint density at radius 2 is 1.60 bits per heavy atom. The Hall–Kier alpha value is -2.33. The number of hydrogen-bond acceptors (Lipinski definition) is 2. The molecule has 1 aliphatic heterocycles. The number of para-hydroxylation sites is 1. The van der Waals surface area contributed by atoms with Crippen molar-refractivity contribution in [1.29, 1.82) is 0 Å². The number of carbonyl (C=O) groups is 2. The Bertz CT molecular complexity index is 673. The Balaban J connectivity index is 1.98. The van der Waals surface area contributed by atoms with E-state index >= 15 is 0 Å². The number of amides is 2. The smallest absolute Gasteiger partial charge is 0.262 e. The summed E-state index contributed by atoms with van der Waals surface area (Å²) in [6.45, 7) is 0. The summed E-state index contributed by atoms with van der Waals surface area (Å²) in [6.07, 6.45) is 0. The van der Waals surface area contributed by atoms with Crippen molar-refractivity contribution in [2.24, 2.45) is 0 Å². The molecule has 0 radical (unpaired) electrons. The van der Waals surface area contributed by atoms with E-state index in [1.807, 2.05) is 6.07 Å². The van der Waals surface area contributed by atoms with Gasteiger partial charge in [-0.3, -0.25) is 15.0 Å². The number of rotatable bonds is 2. The van der Waals surface area contributed by atoms with Gasteiger partial charge in [0.1, 0.15) is 5.92 Å². The zero-order valence-electron chi connectivity index (χ0n) is 10.4. The Labute approximate surface area is 120 Å². The third-order valence-corrected chi connectivity index (χ3v) is 3.50. The van der Waals surface area contributed by atoms with Crippen LogP contribution in [-0.4, -0.2) is 11.8 Å². The van der Waals surface area contributed by atoms with Gasteiger partial charge in [0.25, 0.3) is 11.8 Å². The Morgan fingerprint density at radius 3 is 2.30 bits per heavy atom. The van der Waals surface area contributed by atoms with Crippen molar-refractivity contribution in [1.82, 2.24) is 5.43 Å². The number of anilines is 1. The van der Waals surface area contributed by atoms with Crippen molar-refractivity contribution < 1.29 is 9.59 Å². The van der Waals surface area contributed by atoms with E-state index in [1.54, 1.807) is 48.5 Å². The SMILES string of the molecule is O=C1NN(c2ccccc2Cl)C(=O)C1c1ccccc1. The van der Waals surface area contributed by atoms with Crippen LogP contribution >= 0.6 is 11.6 Å². The van der Waals surface area contributed by atoms with Gasteiger partial charge in [-0.05, 0) is 17.7 Å². The molecule has 1 fully saturated rings. The predicted molar refractivity (Wildman–Crippen MR) is 76.3 cm³/mol. The van der Waals surface area contributed by atoms with Crippen LogP contribution in [0.25, 0.3) is 0 Å². The highest BCUT2D eigenvalue weighted by molar-refractivity contribution is 6.34. The molecule has 1 saturated heterocycles. The van der Waals surface area contributed by atoms with Crippen LogP contribution in [0.3, 0.4) is 0 Å². The molecule has 20 heavy (non-hydrogen) atoms. The fourth-order valence-corrected chi connectivity index (χ4v) is 2.44. The molecule has 0 saturated carbocycles. The summed E-state index contributed by atoms with van der Waals surface area (Å²) in [4.78, 5) is 24.5. The van der Waals surface area contributed by atoms with Crippen molar-refractivity contribution in [2.75, 3.05) is 5.01 Å². The van der Waals surface area contributed by atoms with Gasteiger partial charge in [0.15, 0.2) is 0 Å². The molecule has 0 aliphatic carbocycles. The molecule has 2 amide bonds. The molecule has 0 spiro atoms. The topological polar surface area (TPSA) is 49.4 Å². The van der Waals surface area contributed by atoms with Crippen molar-refractivity contribution in [3.63, 3.8) is 0 Å². The van der Waals surface area contributed by atoms with Crippen molar-refractivity contribution in [3.05, 3.63) is 65.2 Å². The van der Waals surface area contributed by atoms with Crippen LogP contribution < -0.4 is 10.4 Å². The first-order valence-corrected chi connectivity index (χ1v) is 6.50.